The third kappa shape index (κ3) is 4.36. The number of likely N-dealkylation sites (tertiary alicyclic amines) is 1. The third-order valence-corrected chi connectivity index (χ3v) is 4.95. The van der Waals surface area contributed by atoms with Crippen LogP contribution in [0.5, 0.6) is 0 Å². The van der Waals surface area contributed by atoms with Crippen molar-refractivity contribution in [1.82, 2.24) is 15.1 Å². The van der Waals surface area contributed by atoms with Crippen LogP contribution in [0.4, 0.5) is 13.6 Å². The second kappa shape index (κ2) is 7.80. The van der Waals surface area contributed by atoms with Crippen LogP contribution in [0.15, 0.2) is 18.2 Å². The molecule has 0 atom stereocenters. The Morgan fingerprint density at radius 2 is 1.88 bits per heavy atom. The van der Waals surface area contributed by atoms with Gasteiger partial charge in [0.15, 0.2) is 0 Å². The van der Waals surface area contributed by atoms with Gasteiger partial charge in [-0.1, -0.05) is 0 Å². The molecular weight excluding hydrogens is 344 g/mol. The first-order chi connectivity index (χ1) is 12.4. The fraction of sp³-hybridized carbons (Fsp3) is 0.500. The second-order valence-electron chi connectivity index (χ2n) is 6.79. The Hall–Kier alpha value is -2.51. The molecule has 6 nitrogen and oxygen atoms in total. The lowest BCUT2D eigenvalue weighted by molar-refractivity contribution is -0.134. The molecule has 1 aromatic rings. The maximum Gasteiger partial charge on any atom is 0.324 e. The molecule has 140 valence electrons. The van der Waals surface area contributed by atoms with Crippen LogP contribution in [0.3, 0.4) is 0 Å². The van der Waals surface area contributed by atoms with Gasteiger partial charge in [0.1, 0.15) is 18.2 Å². The fourth-order valence-electron chi connectivity index (χ4n) is 3.41. The zero-order chi connectivity index (χ0) is 18.7. The van der Waals surface area contributed by atoms with Crippen molar-refractivity contribution in [3.8, 4) is 0 Å². The number of rotatable bonds is 4. The number of piperidine rings is 1. The quantitative estimate of drug-likeness (QED) is 0.883. The van der Waals surface area contributed by atoms with Gasteiger partial charge in [0, 0.05) is 26.1 Å². The first kappa shape index (κ1) is 18.3. The average Bonchev–Trinajstić information content (AvgIpc) is 2.61. The number of hydrogen-bond donors (Lipinski definition) is 1. The van der Waals surface area contributed by atoms with E-state index >= 15 is 0 Å². The number of halogens is 2. The van der Waals surface area contributed by atoms with E-state index in [1.807, 2.05) is 0 Å². The van der Waals surface area contributed by atoms with Crippen molar-refractivity contribution in [3.63, 3.8) is 0 Å². The lowest BCUT2D eigenvalue weighted by Gasteiger charge is -2.34. The molecule has 1 aromatic carbocycles. The monoisotopic (exact) mass is 365 g/mol. The summed E-state index contributed by atoms with van der Waals surface area (Å²) in [5.41, 5.74) is 0.365. The zero-order valence-corrected chi connectivity index (χ0v) is 14.3. The van der Waals surface area contributed by atoms with Crippen LogP contribution >= 0.6 is 0 Å². The van der Waals surface area contributed by atoms with Crippen LogP contribution in [0, 0.1) is 17.6 Å². The zero-order valence-electron chi connectivity index (χ0n) is 14.3. The molecule has 1 N–H and O–H groups in total. The van der Waals surface area contributed by atoms with Crippen molar-refractivity contribution >= 4 is 17.8 Å². The Kier molecular flexibility index (Phi) is 5.49. The SMILES string of the molecule is O=C1CCN(CC(=O)N2CCC(Cc3cc(F)ccc3F)CC2)C(=O)N1. The molecule has 2 heterocycles. The van der Waals surface area contributed by atoms with E-state index in [0.717, 1.165) is 12.1 Å². The highest BCUT2D eigenvalue weighted by atomic mass is 19.1. The molecule has 0 saturated carbocycles. The van der Waals surface area contributed by atoms with Crippen LogP contribution in [0.1, 0.15) is 24.8 Å². The minimum atomic E-state index is -0.536. The molecule has 26 heavy (non-hydrogen) atoms. The number of benzene rings is 1. The fourth-order valence-corrected chi connectivity index (χ4v) is 3.41. The molecule has 2 aliphatic rings. The number of nitrogens with one attached hydrogen (secondary N) is 1. The van der Waals surface area contributed by atoms with Gasteiger partial charge in [-0.3, -0.25) is 14.9 Å². The number of imide groups is 1. The van der Waals surface area contributed by atoms with Gasteiger partial charge in [-0.05, 0) is 48.9 Å². The molecule has 0 radical (unpaired) electrons. The number of carbonyl (C=O) groups excluding carboxylic acids is 3. The highest BCUT2D eigenvalue weighted by Crippen LogP contribution is 2.23. The summed E-state index contributed by atoms with van der Waals surface area (Å²) in [7, 11) is 0. The lowest BCUT2D eigenvalue weighted by Crippen LogP contribution is -2.53. The normalized spacial score (nSPS) is 18.8. The van der Waals surface area contributed by atoms with Crippen LogP contribution in [-0.2, 0) is 16.0 Å². The summed E-state index contributed by atoms with van der Waals surface area (Å²) in [6.07, 6.45) is 2.04. The van der Waals surface area contributed by atoms with Gasteiger partial charge in [0.05, 0.1) is 0 Å². The summed E-state index contributed by atoms with van der Waals surface area (Å²) in [4.78, 5) is 38.2. The van der Waals surface area contributed by atoms with E-state index in [0.29, 0.717) is 37.9 Å². The maximum absolute atomic E-state index is 13.8. The number of amides is 4. The standard InChI is InChI=1S/C18H21F2N3O3/c19-14-1-2-15(20)13(10-14)9-12-3-6-22(7-4-12)17(25)11-23-8-5-16(24)21-18(23)26/h1-2,10,12H,3-9,11H2,(H,21,24,26). The molecule has 3 rings (SSSR count). The predicted molar refractivity (Wildman–Crippen MR) is 89.1 cm³/mol. The Morgan fingerprint density at radius 1 is 1.15 bits per heavy atom. The molecule has 0 aliphatic carbocycles. The van der Waals surface area contributed by atoms with Gasteiger partial charge in [0.25, 0.3) is 0 Å². The Morgan fingerprint density at radius 3 is 2.58 bits per heavy atom. The Balaban J connectivity index is 1.48. The molecule has 0 unspecified atom stereocenters. The van der Waals surface area contributed by atoms with Gasteiger partial charge in [-0.25, -0.2) is 13.6 Å². The first-order valence-corrected chi connectivity index (χ1v) is 8.73. The second-order valence-corrected chi connectivity index (χ2v) is 6.79. The molecule has 0 bridgehead atoms. The average molecular weight is 365 g/mol. The van der Waals surface area contributed by atoms with Gasteiger partial charge in [-0.15, -0.1) is 0 Å². The molecule has 2 fully saturated rings. The summed E-state index contributed by atoms with van der Waals surface area (Å²) in [6.45, 7) is 1.23. The van der Waals surface area contributed by atoms with Crippen molar-refractivity contribution in [1.29, 1.82) is 0 Å². The molecular formula is C18H21F2N3O3. The number of carbonyl (C=O) groups is 3. The van der Waals surface area contributed by atoms with Crippen LogP contribution in [0.25, 0.3) is 0 Å². The van der Waals surface area contributed by atoms with E-state index in [4.69, 9.17) is 0 Å². The number of hydrogen-bond acceptors (Lipinski definition) is 3. The molecule has 2 saturated heterocycles. The summed E-state index contributed by atoms with van der Waals surface area (Å²) < 4.78 is 27.0. The van der Waals surface area contributed by atoms with Crippen LogP contribution in [0.2, 0.25) is 0 Å². The van der Waals surface area contributed by atoms with Gasteiger partial charge in [-0.2, -0.15) is 0 Å². The Labute approximate surface area is 150 Å². The lowest BCUT2D eigenvalue weighted by atomic mass is 9.90. The summed E-state index contributed by atoms with van der Waals surface area (Å²) in [5, 5.41) is 2.19. The van der Waals surface area contributed by atoms with Gasteiger partial charge < -0.3 is 9.80 Å². The van der Waals surface area contributed by atoms with Crippen LogP contribution in [-0.4, -0.2) is 53.8 Å². The summed E-state index contributed by atoms with van der Waals surface area (Å²) in [5.74, 6) is -1.16. The minimum absolute atomic E-state index is 0.0533. The van der Waals surface area contributed by atoms with Crippen molar-refractivity contribution in [2.75, 3.05) is 26.2 Å². The maximum atomic E-state index is 13.8. The summed E-state index contributed by atoms with van der Waals surface area (Å²) >= 11 is 0. The minimum Gasteiger partial charge on any atom is -0.341 e. The first-order valence-electron chi connectivity index (χ1n) is 8.73. The Bertz CT molecular complexity index is 718. The van der Waals surface area contributed by atoms with Gasteiger partial charge in [0.2, 0.25) is 11.8 Å². The van der Waals surface area contributed by atoms with Crippen molar-refractivity contribution in [2.45, 2.75) is 25.7 Å². The largest absolute Gasteiger partial charge is 0.341 e. The third-order valence-electron chi connectivity index (χ3n) is 4.95. The molecule has 0 aromatic heterocycles. The van der Waals surface area contributed by atoms with Crippen molar-refractivity contribution in [2.24, 2.45) is 5.92 Å². The molecule has 2 aliphatic heterocycles. The van der Waals surface area contributed by atoms with Crippen molar-refractivity contribution < 1.29 is 23.2 Å². The highest BCUT2D eigenvalue weighted by Gasteiger charge is 2.28. The van der Waals surface area contributed by atoms with E-state index in [1.165, 1.54) is 11.0 Å². The topological polar surface area (TPSA) is 69.7 Å². The van der Waals surface area contributed by atoms with E-state index in [9.17, 15) is 23.2 Å². The van der Waals surface area contributed by atoms with Crippen molar-refractivity contribution in [3.05, 3.63) is 35.4 Å². The van der Waals surface area contributed by atoms with E-state index in [2.05, 4.69) is 5.32 Å². The molecule has 4 amide bonds. The van der Waals surface area contributed by atoms with Crippen LogP contribution < -0.4 is 5.32 Å². The van der Waals surface area contributed by atoms with E-state index in [1.54, 1.807) is 4.90 Å². The number of nitrogens with zero attached hydrogens (tertiary/aromatic N) is 2. The highest BCUT2D eigenvalue weighted by molar-refractivity contribution is 5.98. The molecule has 0 spiro atoms. The summed E-state index contributed by atoms with van der Waals surface area (Å²) in [6, 6.07) is 2.93. The number of urea groups is 1. The predicted octanol–water partition coefficient (Wildman–Crippen LogP) is 1.69. The molecule has 8 heteroatoms. The van der Waals surface area contributed by atoms with E-state index in [-0.39, 0.29) is 37.2 Å². The smallest absolute Gasteiger partial charge is 0.324 e. The van der Waals surface area contributed by atoms with Gasteiger partial charge >= 0.3 is 6.03 Å². The van der Waals surface area contributed by atoms with E-state index < -0.39 is 17.7 Å².